The smallest absolute Gasteiger partial charge is 0.320 e. The third-order valence-corrected chi connectivity index (χ3v) is 3.86. The molecule has 0 amide bonds. The van der Waals surface area contributed by atoms with Gasteiger partial charge in [-0.15, -0.1) is 0 Å². The summed E-state index contributed by atoms with van der Waals surface area (Å²) in [5, 5.41) is 9.29. The number of nitrogens with zero attached hydrogens (tertiary/aromatic N) is 2. The Morgan fingerprint density at radius 1 is 1.32 bits per heavy atom. The van der Waals surface area contributed by atoms with Crippen LogP contribution in [0.3, 0.4) is 0 Å². The van der Waals surface area contributed by atoms with Crippen LogP contribution >= 0.6 is 0 Å². The lowest BCUT2D eigenvalue weighted by Crippen LogP contribution is -2.35. The van der Waals surface area contributed by atoms with Gasteiger partial charge in [0.2, 0.25) is 0 Å². The first-order valence-electron chi connectivity index (χ1n) is 7.36. The highest BCUT2D eigenvalue weighted by Crippen LogP contribution is 2.28. The molecule has 1 aliphatic rings. The number of aromatic nitrogens is 1. The normalized spacial score (nSPS) is 18.3. The quantitative estimate of drug-likeness (QED) is 0.919. The molecule has 1 atom stereocenters. The lowest BCUT2D eigenvalue weighted by atomic mass is 10.1. The van der Waals surface area contributed by atoms with Gasteiger partial charge in [0.15, 0.2) is 0 Å². The first-order valence-corrected chi connectivity index (χ1v) is 7.36. The minimum absolute atomic E-state index is 0.397. The van der Waals surface area contributed by atoms with E-state index in [-0.39, 0.29) is 0 Å². The predicted octanol–water partition coefficient (Wildman–Crippen LogP) is 2.92. The van der Waals surface area contributed by atoms with Crippen LogP contribution in [0.5, 0.6) is 11.5 Å². The molecular formula is C17H18N2O3. The number of carboxylic acids is 1. The maximum atomic E-state index is 11.3. The molecular weight excluding hydrogens is 280 g/mol. The van der Waals surface area contributed by atoms with Gasteiger partial charge in [-0.2, -0.15) is 0 Å². The van der Waals surface area contributed by atoms with E-state index in [1.54, 1.807) is 12.4 Å². The van der Waals surface area contributed by atoms with E-state index in [1.807, 2.05) is 41.3 Å². The van der Waals surface area contributed by atoms with Gasteiger partial charge < -0.3 is 9.84 Å². The number of likely N-dealkylation sites (tertiary alicyclic amines) is 1. The summed E-state index contributed by atoms with van der Waals surface area (Å²) in [6, 6.07) is 11.0. The Kier molecular flexibility index (Phi) is 4.34. The van der Waals surface area contributed by atoms with Crippen LogP contribution in [0.25, 0.3) is 0 Å². The highest BCUT2D eigenvalue weighted by atomic mass is 16.5. The highest BCUT2D eigenvalue weighted by Gasteiger charge is 2.30. The van der Waals surface area contributed by atoms with Gasteiger partial charge >= 0.3 is 5.97 Å². The van der Waals surface area contributed by atoms with Crippen molar-refractivity contribution in [1.29, 1.82) is 0 Å². The van der Waals surface area contributed by atoms with Crippen LogP contribution in [0.1, 0.15) is 18.4 Å². The number of hydrogen-bond donors (Lipinski definition) is 1. The van der Waals surface area contributed by atoms with Crippen LogP contribution in [0.4, 0.5) is 0 Å². The Morgan fingerprint density at radius 2 is 2.18 bits per heavy atom. The van der Waals surface area contributed by atoms with Gasteiger partial charge in [0.1, 0.15) is 17.5 Å². The minimum Gasteiger partial charge on any atom is -0.480 e. The lowest BCUT2D eigenvalue weighted by molar-refractivity contribution is -0.142. The van der Waals surface area contributed by atoms with E-state index in [0.29, 0.717) is 18.7 Å². The topological polar surface area (TPSA) is 62.7 Å². The Labute approximate surface area is 129 Å². The summed E-state index contributed by atoms with van der Waals surface area (Å²) in [6.07, 6.45) is 4.98. The molecule has 0 unspecified atom stereocenters. The first-order chi connectivity index (χ1) is 10.7. The first kappa shape index (κ1) is 14.5. The molecule has 5 nitrogen and oxygen atoms in total. The highest BCUT2D eigenvalue weighted by molar-refractivity contribution is 5.73. The zero-order chi connectivity index (χ0) is 15.4. The van der Waals surface area contributed by atoms with E-state index >= 15 is 0 Å². The SMILES string of the molecule is O=C(O)[C@H]1CCCN1Cc1ccccc1Oc1cccnc1. The van der Waals surface area contributed by atoms with E-state index in [9.17, 15) is 9.90 Å². The molecule has 1 aromatic heterocycles. The van der Waals surface area contributed by atoms with Crippen molar-refractivity contribution in [3.8, 4) is 11.5 Å². The van der Waals surface area contributed by atoms with Crippen LogP contribution < -0.4 is 4.74 Å². The molecule has 22 heavy (non-hydrogen) atoms. The average molecular weight is 298 g/mol. The van der Waals surface area contributed by atoms with Crippen molar-refractivity contribution in [1.82, 2.24) is 9.88 Å². The van der Waals surface area contributed by atoms with Crippen molar-refractivity contribution >= 4 is 5.97 Å². The third kappa shape index (κ3) is 3.26. The second-order valence-electron chi connectivity index (χ2n) is 5.37. The van der Waals surface area contributed by atoms with Crippen molar-refractivity contribution in [3.63, 3.8) is 0 Å². The summed E-state index contributed by atoms with van der Waals surface area (Å²) in [7, 11) is 0. The van der Waals surface area contributed by atoms with Crippen LogP contribution in [0.15, 0.2) is 48.8 Å². The van der Waals surface area contributed by atoms with Crippen molar-refractivity contribution in [2.75, 3.05) is 6.54 Å². The second kappa shape index (κ2) is 6.58. The number of benzene rings is 1. The van der Waals surface area contributed by atoms with Crippen molar-refractivity contribution in [2.24, 2.45) is 0 Å². The van der Waals surface area contributed by atoms with E-state index < -0.39 is 12.0 Å². The number of rotatable bonds is 5. The number of para-hydroxylation sites is 1. The summed E-state index contributed by atoms with van der Waals surface area (Å²) in [6.45, 7) is 1.38. The molecule has 1 fully saturated rings. The summed E-state index contributed by atoms with van der Waals surface area (Å²) in [5.41, 5.74) is 0.986. The van der Waals surface area contributed by atoms with Crippen LogP contribution in [-0.4, -0.2) is 33.5 Å². The molecule has 2 heterocycles. The van der Waals surface area contributed by atoms with Gasteiger partial charge in [-0.3, -0.25) is 14.7 Å². The predicted molar refractivity (Wildman–Crippen MR) is 81.8 cm³/mol. The van der Waals surface area contributed by atoms with E-state index in [4.69, 9.17) is 4.74 Å². The number of carbonyl (C=O) groups is 1. The van der Waals surface area contributed by atoms with E-state index in [0.717, 1.165) is 24.3 Å². The molecule has 1 aromatic carbocycles. The molecule has 0 saturated carbocycles. The molecule has 114 valence electrons. The summed E-state index contributed by atoms with van der Waals surface area (Å²) >= 11 is 0. The van der Waals surface area contributed by atoms with Crippen molar-refractivity contribution < 1.29 is 14.6 Å². The molecule has 1 N–H and O–H groups in total. The fourth-order valence-electron chi connectivity index (χ4n) is 2.78. The monoisotopic (exact) mass is 298 g/mol. The molecule has 2 aromatic rings. The van der Waals surface area contributed by atoms with Gasteiger partial charge in [0.25, 0.3) is 0 Å². The van der Waals surface area contributed by atoms with Crippen molar-refractivity contribution in [2.45, 2.75) is 25.4 Å². The van der Waals surface area contributed by atoms with Gasteiger partial charge in [-0.05, 0) is 37.6 Å². The number of ether oxygens (including phenoxy) is 1. The number of pyridine rings is 1. The van der Waals surface area contributed by atoms with E-state index in [1.165, 1.54) is 0 Å². The Balaban J connectivity index is 1.78. The largest absolute Gasteiger partial charge is 0.480 e. The van der Waals surface area contributed by atoms with Crippen LogP contribution in [0, 0.1) is 0 Å². The lowest BCUT2D eigenvalue weighted by Gasteiger charge is -2.22. The molecule has 0 radical (unpaired) electrons. The Bertz CT molecular complexity index is 645. The molecule has 5 heteroatoms. The third-order valence-electron chi connectivity index (χ3n) is 3.86. The zero-order valence-electron chi connectivity index (χ0n) is 12.2. The van der Waals surface area contributed by atoms with Gasteiger partial charge in [-0.25, -0.2) is 0 Å². The fraction of sp³-hybridized carbons (Fsp3) is 0.294. The summed E-state index contributed by atoms with van der Waals surface area (Å²) in [4.78, 5) is 17.3. The number of aliphatic carboxylic acids is 1. The molecule has 1 saturated heterocycles. The average Bonchev–Trinajstić information content (AvgIpc) is 2.99. The second-order valence-corrected chi connectivity index (χ2v) is 5.37. The maximum Gasteiger partial charge on any atom is 0.320 e. The zero-order valence-corrected chi connectivity index (χ0v) is 12.2. The summed E-state index contributed by atoms with van der Waals surface area (Å²) in [5.74, 6) is 0.667. The molecule has 1 aliphatic heterocycles. The number of carboxylic acid groups (broad SMARTS) is 1. The summed E-state index contributed by atoms with van der Waals surface area (Å²) < 4.78 is 5.88. The number of hydrogen-bond acceptors (Lipinski definition) is 4. The minimum atomic E-state index is -0.747. The standard InChI is InChI=1S/C17H18N2O3/c20-17(21)15-7-4-10-19(15)12-13-5-1-2-8-16(13)22-14-6-3-9-18-11-14/h1-3,5-6,8-9,11,15H,4,7,10,12H2,(H,20,21)/t15-/m1/s1. The Morgan fingerprint density at radius 3 is 2.95 bits per heavy atom. The molecule has 3 rings (SSSR count). The van der Waals surface area contributed by atoms with Gasteiger partial charge in [0, 0.05) is 18.3 Å². The van der Waals surface area contributed by atoms with Crippen LogP contribution in [0.2, 0.25) is 0 Å². The van der Waals surface area contributed by atoms with Gasteiger partial charge in [0.05, 0.1) is 6.20 Å². The molecule has 0 aliphatic carbocycles. The molecule has 0 spiro atoms. The fourth-order valence-corrected chi connectivity index (χ4v) is 2.78. The molecule has 0 bridgehead atoms. The van der Waals surface area contributed by atoms with Crippen molar-refractivity contribution in [3.05, 3.63) is 54.4 Å². The van der Waals surface area contributed by atoms with E-state index in [2.05, 4.69) is 4.98 Å². The maximum absolute atomic E-state index is 11.3. The van der Waals surface area contributed by atoms with Gasteiger partial charge in [-0.1, -0.05) is 18.2 Å². The van der Waals surface area contributed by atoms with Crippen LogP contribution in [-0.2, 0) is 11.3 Å². The Hall–Kier alpha value is -2.40.